The number of thioether (sulfide) groups is 1. The number of aromatic nitrogens is 1. The topological polar surface area (TPSA) is 52.3 Å². The van der Waals surface area contributed by atoms with Gasteiger partial charge in [0.15, 0.2) is 11.6 Å². The zero-order valence-electron chi connectivity index (χ0n) is 15.1. The molecule has 128 valence electrons. The molecule has 1 rings (SSSR count). The SMILES string of the molecule is C=CSC.CC.CCOC(=O)c1nc(C)oc1CCC(C)C. The zero-order chi connectivity index (χ0) is 17.5. The summed E-state index contributed by atoms with van der Waals surface area (Å²) in [5.41, 5.74) is 0.333. The van der Waals surface area contributed by atoms with Gasteiger partial charge in [0, 0.05) is 13.3 Å². The van der Waals surface area contributed by atoms with E-state index in [-0.39, 0.29) is 0 Å². The van der Waals surface area contributed by atoms with Crippen molar-refractivity contribution in [1.82, 2.24) is 4.98 Å². The van der Waals surface area contributed by atoms with Crippen molar-refractivity contribution in [2.45, 2.75) is 54.4 Å². The third-order valence-corrected chi connectivity index (χ3v) is 2.72. The van der Waals surface area contributed by atoms with Gasteiger partial charge in [-0.25, -0.2) is 9.78 Å². The summed E-state index contributed by atoms with van der Waals surface area (Å²) in [7, 11) is 0. The number of aryl methyl sites for hydroxylation is 2. The van der Waals surface area contributed by atoms with Crippen molar-refractivity contribution in [3.05, 3.63) is 29.3 Å². The Morgan fingerprint density at radius 2 is 2.00 bits per heavy atom. The second-order valence-corrected chi connectivity index (χ2v) is 5.36. The maximum atomic E-state index is 11.6. The van der Waals surface area contributed by atoms with Crippen LogP contribution in [0.3, 0.4) is 0 Å². The average molecular weight is 330 g/mol. The van der Waals surface area contributed by atoms with Crippen LogP contribution in [0, 0.1) is 12.8 Å². The van der Waals surface area contributed by atoms with E-state index in [2.05, 4.69) is 25.4 Å². The summed E-state index contributed by atoms with van der Waals surface area (Å²) in [6, 6.07) is 0. The summed E-state index contributed by atoms with van der Waals surface area (Å²) in [5.74, 6) is 1.34. The van der Waals surface area contributed by atoms with Crippen LogP contribution in [0.4, 0.5) is 0 Å². The highest BCUT2D eigenvalue weighted by Crippen LogP contribution is 2.16. The molecule has 0 saturated heterocycles. The van der Waals surface area contributed by atoms with Crippen molar-refractivity contribution in [3.63, 3.8) is 0 Å². The maximum absolute atomic E-state index is 11.6. The molecule has 0 atom stereocenters. The standard InChI is InChI=1S/C12H19NO3.C3H6S.C2H6/c1-5-15-12(14)11-10(7-6-8(2)3)16-9(4)13-11;1-3-4-2;1-2/h8H,5-7H2,1-4H3;3H,1H2,2H3;1-2H3. The molecule has 5 heteroatoms. The van der Waals surface area contributed by atoms with Gasteiger partial charge in [0.2, 0.25) is 0 Å². The predicted molar refractivity (Wildman–Crippen MR) is 95.4 cm³/mol. The second-order valence-electron chi connectivity index (χ2n) is 4.56. The Morgan fingerprint density at radius 1 is 1.45 bits per heavy atom. The normalized spacial score (nSPS) is 9.27. The van der Waals surface area contributed by atoms with Gasteiger partial charge in [0.1, 0.15) is 5.76 Å². The van der Waals surface area contributed by atoms with E-state index in [0.29, 0.717) is 29.9 Å². The van der Waals surface area contributed by atoms with Crippen LogP contribution in [-0.4, -0.2) is 23.8 Å². The predicted octanol–water partition coefficient (Wildman–Crippen LogP) is 5.27. The van der Waals surface area contributed by atoms with Gasteiger partial charge >= 0.3 is 5.97 Å². The average Bonchev–Trinajstić information content (AvgIpc) is 2.89. The van der Waals surface area contributed by atoms with Gasteiger partial charge in [-0.2, -0.15) is 0 Å². The van der Waals surface area contributed by atoms with Crippen molar-refractivity contribution in [2.24, 2.45) is 5.92 Å². The van der Waals surface area contributed by atoms with E-state index in [1.165, 1.54) is 0 Å². The van der Waals surface area contributed by atoms with E-state index < -0.39 is 5.97 Å². The third-order valence-electron chi connectivity index (χ3n) is 2.39. The fraction of sp³-hybridized carbons (Fsp3) is 0.647. The molecule has 0 fully saturated rings. The van der Waals surface area contributed by atoms with Gasteiger partial charge < -0.3 is 9.15 Å². The number of ether oxygens (including phenoxy) is 1. The molecule has 22 heavy (non-hydrogen) atoms. The fourth-order valence-corrected chi connectivity index (χ4v) is 1.42. The van der Waals surface area contributed by atoms with Crippen LogP contribution < -0.4 is 0 Å². The molecule has 0 bridgehead atoms. The van der Waals surface area contributed by atoms with Crippen LogP contribution >= 0.6 is 11.8 Å². The summed E-state index contributed by atoms with van der Waals surface area (Å²) in [6.07, 6.45) is 3.68. The van der Waals surface area contributed by atoms with Crippen LogP contribution in [0.15, 0.2) is 16.4 Å². The monoisotopic (exact) mass is 329 g/mol. The van der Waals surface area contributed by atoms with E-state index in [0.717, 1.165) is 12.8 Å². The number of oxazole rings is 1. The minimum absolute atomic E-state index is 0.333. The number of hydrogen-bond acceptors (Lipinski definition) is 5. The molecule has 0 aliphatic heterocycles. The Hall–Kier alpha value is -1.23. The second kappa shape index (κ2) is 14.7. The molecule has 4 nitrogen and oxygen atoms in total. The van der Waals surface area contributed by atoms with Crippen LogP contribution in [0.25, 0.3) is 0 Å². The van der Waals surface area contributed by atoms with Gasteiger partial charge in [-0.15, -0.1) is 11.8 Å². The summed E-state index contributed by atoms with van der Waals surface area (Å²) in [5, 5.41) is 1.79. The Labute approximate surface area is 139 Å². The van der Waals surface area contributed by atoms with Crippen LogP contribution in [0.1, 0.15) is 63.2 Å². The Bertz CT molecular complexity index is 414. The van der Waals surface area contributed by atoms with Crippen molar-refractivity contribution < 1.29 is 13.9 Å². The first-order valence-electron chi connectivity index (χ1n) is 7.73. The molecule has 0 N–H and O–H groups in total. The van der Waals surface area contributed by atoms with Crippen molar-refractivity contribution in [1.29, 1.82) is 0 Å². The van der Waals surface area contributed by atoms with Gasteiger partial charge in [-0.1, -0.05) is 34.3 Å². The summed E-state index contributed by atoms with van der Waals surface area (Å²) in [6.45, 7) is 15.6. The molecule has 0 aromatic carbocycles. The lowest BCUT2D eigenvalue weighted by atomic mass is 10.1. The van der Waals surface area contributed by atoms with E-state index in [4.69, 9.17) is 9.15 Å². The smallest absolute Gasteiger partial charge is 0.360 e. The first-order valence-corrected chi connectivity index (χ1v) is 9.02. The molecular formula is C17H31NO3S. The summed E-state index contributed by atoms with van der Waals surface area (Å²) < 4.78 is 10.3. The molecule has 0 aliphatic rings. The summed E-state index contributed by atoms with van der Waals surface area (Å²) >= 11 is 1.62. The molecule has 0 saturated carbocycles. The zero-order valence-corrected chi connectivity index (χ0v) is 15.9. The quantitative estimate of drug-likeness (QED) is 0.666. The number of rotatable bonds is 6. The molecule has 1 aromatic rings. The van der Waals surface area contributed by atoms with Gasteiger partial charge in [-0.05, 0) is 30.9 Å². The minimum atomic E-state index is -0.391. The van der Waals surface area contributed by atoms with E-state index >= 15 is 0 Å². The maximum Gasteiger partial charge on any atom is 0.360 e. The van der Waals surface area contributed by atoms with Crippen molar-refractivity contribution >= 4 is 17.7 Å². The largest absolute Gasteiger partial charge is 0.461 e. The van der Waals surface area contributed by atoms with Crippen LogP contribution in [0.2, 0.25) is 0 Å². The van der Waals surface area contributed by atoms with E-state index in [1.54, 1.807) is 31.0 Å². The highest BCUT2D eigenvalue weighted by atomic mass is 32.2. The molecule has 0 spiro atoms. The van der Waals surface area contributed by atoms with Gasteiger partial charge in [-0.3, -0.25) is 0 Å². The first kappa shape index (κ1) is 23.0. The molecule has 0 unspecified atom stereocenters. The van der Waals surface area contributed by atoms with Crippen LogP contribution in [-0.2, 0) is 11.2 Å². The highest BCUT2D eigenvalue weighted by molar-refractivity contribution is 8.01. The highest BCUT2D eigenvalue weighted by Gasteiger charge is 2.19. The number of hydrogen-bond donors (Lipinski definition) is 0. The lowest BCUT2D eigenvalue weighted by Gasteiger charge is -2.03. The fourth-order valence-electron chi connectivity index (χ4n) is 1.42. The number of carbonyl (C=O) groups is 1. The number of nitrogens with zero attached hydrogens (tertiary/aromatic N) is 1. The third kappa shape index (κ3) is 10.5. The number of esters is 1. The molecule has 1 aromatic heterocycles. The Kier molecular flexibility index (Phi) is 15.4. The Morgan fingerprint density at radius 3 is 2.41 bits per heavy atom. The Balaban J connectivity index is 0. The lowest BCUT2D eigenvalue weighted by Crippen LogP contribution is -2.08. The first-order chi connectivity index (χ1) is 10.5. The number of carbonyl (C=O) groups excluding carboxylic acids is 1. The molecule has 1 heterocycles. The van der Waals surface area contributed by atoms with E-state index in [1.807, 2.05) is 20.1 Å². The van der Waals surface area contributed by atoms with Crippen LogP contribution in [0.5, 0.6) is 0 Å². The van der Waals surface area contributed by atoms with Crippen molar-refractivity contribution in [3.8, 4) is 0 Å². The molecule has 0 amide bonds. The van der Waals surface area contributed by atoms with Crippen molar-refractivity contribution in [2.75, 3.05) is 12.9 Å². The summed E-state index contributed by atoms with van der Waals surface area (Å²) in [4.78, 5) is 15.6. The minimum Gasteiger partial charge on any atom is -0.461 e. The molecule has 0 aliphatic carbocycles. The van der Waals surface area contributed by atoms with E-state index in [9.17, 15) is 4.79 Å². The lowest BCUT2D eigenvalue weighted by molar-refractivity contribution is 0.0517. The van der Waals surface area contributed by atoms with Gasteiger partial charge in [0.25, 0.3) is 0 Å². The molecular weight excluding hydrogens is 298 g/mol. The van der Waals surface area contributed by atoms with Gasteiger partial charge in [0.05, 0.1) is 6.61 Å². The molecule has 0 radical (unpaired) electrons.